The average molecular weight is 594 g/mol. The number of rotatable bonds is 7. The van der Waals surface area contributed by atoms with Gasteiger partial charge in [0.25, 0.3) is 0 Å². The van der Waals surface area contributed by atoms with Crippen LogP contribution in [0.3, 0.4) is 0 Å². The van der Waals surface area contributed by atoms with Crippen LogP contribution in [-0.2, 0) is 20.8 Å². The molecule has 2 aliphatic heterocycles. The van der Waals surface area contributed by atoms with Crippen LogP contribution in [0.2, 0.25) is 0 Å². The minimum atomic E-state index is -0.557. The number of fused-ring (bicyclic) bond motifs is 2. The molecular formula is C35H55N5O3. The van der Waals surface area contributed by atoms with Crippen LogP contribution >= 0.6 is 0 Å². The predicted molar refractivity (Wildman–Crippen MR) is 171 cm³/mol. The van der Waals surface area contributed by atoms with E-state index in [0.29, 0.717) is 32.5 Å². The molecule has 43 heavy (non-hydrogen) atoms. The molecule has 2 saturated heterocycles. The number of pyridine rings is 1. The Bertz CT molecular complexity index is 1130. The number of nitrogens with zero attached hydrogens (tertiary/aromatic N) is 4. The quantitative estimate of drug-likeness (QED) is 0.451. The van der Waals surface area contributed by atoms with Gasteiger partial charge in [-0.15, -0.1) is 0 Å². The third kappa shape index (κ3) is 9.13. The molecule has 1 N–H and O–H groups in total. The Balaban J connectivity index is 1.49. The molecule has 8 heteroatoms. The van der Waals surface area contributed by atoms with Crippen LogP contribution in [0.5, 0.6) is 0 Å². The monoisotopic (exact) mass is 593 g/mol. The van der Waals surface area contributed by atoms with Crippen molar-refractivity contribution in [3.05, 3.63) is 41.2 Å². The Morgan fingerprint density at radius 1 is 1.07 bits per heavy atom. The smallest absolute Gasteiger partial charge is 0.242 e. The second-order valence-corrected chi connectivity index (χ2v) is 14.1. The number of likely N-dealkylation sites (tertiary alicyclic amines) is 1. The second-order valence-electron chi connectivity index (χ2n) is 14.1. The molecule has 3 heterocycles. The van der Waals surface area contributed by atoms with E-state index in [0.717, 1.165) is 50.9 Å². The van der Waals surface area contributed by atoms with Crippen molar-refractivity contribution < 1.29 is 14.4 Å². The van der Waals surface area contributed by atoms with Gasteiger partial charge in [-0.25, -0.2) is 0 Å². The lowest BCUT2D eigenvalue weighted by molar-refractivity contribution is -0.138. The molecule has 0 unspecified atom stereocenters. The van der Waals surface area contributed by atoms with Crippen LogP contribution in [0.4, 0.5) is 0 Å². The number of allylic oxidation sites excluding steroid dienone is 1. The first-order valence-corrected chi connectivity index (χ1v) is 16.7. The first-order valence-electron chi connectivity index (χ1n) is 16.7. The summed E-state index contributed by atoms with van der Waals surface area (Å²) < 4.78 is 0. The molecule has 238 valence electrons. The molecule has 1 aliphatic carbocycles. The van der Waals surface area contributed by atoms with Gasteiger partial charge in [0.1, 0.15) is 6.04 Å². The number of nitrogens with one attached hydrogen (secondary N) is 1. The van der Waals surface area contributed by atoms with Crippen LogP contribution in [-0.4, -0.2) is 88.8 Å². The fraction of sp³-hybridized carbons (Fsp3) is 0.714. The highest BCUT2D eigenvalue weighted by molar-refractivity contribution is 5.89. The Morgan fingerprint density at radius 3 is 2.58 bits per heavy atom. The van der Waals surface area contributed by atoms with Gasteiger partial charge in [-0.05, 0) is 94.3 Å². The summed E-state index contributed by atoms with van der Waals surface area (Å²) >= 11 is 0. The summed E-state index contributed by atoms with van der Waals surface area (Å²) in [6.45, 7) is 15.9. The van der Waals surface area contributed by atoms with Gasteiger partial charge in [0.2, 0.25) is 17.7 Å². The Kier molecular flexibility index (Phi) is 11.8. The maximum atomic E-state index is 13.6. The van der Waals surface area contributed by atoms with Gasteiger partial charge in [-0.3, -0.25) is 19.4 Å². The number of hydrogen-bond acceptors (Lipinski definition) is 5. The predicted octanol–water partition coefficient (Wildman–Crippen LogP) is 4.99. The third-order valence-corrected chi connectivity index (χ3v) is 9.76. The van der Waals surface area contributed by atoms with Crippen molar-refractivity contribution in [1.82, 2.24) is 25.0 Å². The summed E-state index contributed by atoms with van der Waals surface area (Å²) in [7, 11) is 0. The summed E-state index contributed by atoms with van der Waals surface area (Å²) in [5, 5.41) is 3.13. The fourth-order valence-electron chi connectivity index (χ4n) is 7.41. The molecular weight excluding hydrogens is 538 g/mol. The van der Waals surface area contributed by atoms with Crippen molar-refractivity contribution in [3.8, 4) is 0 Å². The normalized spacial score (nSPS) is 24.2. The number of carbonyl (C=O) groups is 3. The summed E-state index contributed by atoms with van der Waals surface area (Å²) in [4.78, 5) is 51.0. The number of amides is 3. The van der Waals surface area contributed by atoms with Gasteiger partial charge in [0.05, 0.1) is 12.5 Å². The largest absolute Gasteiger partial charge is 0.354 e. The Morgan fingerprint density at radius 2 is 1.86 bits per heavy atom. The van der Waals surface area contributed by atoms with Crippen molar-refractivity contribution >= 4 is 17.7 Å². The molecule has 3 aliphatic rings. The van der Waals surface area contributed by atoms with Crippen LogP contribution in [0.1, 0.15) is 98.0 Å². The Hall–Kier alpha value is -2.74. The van der Waals surface area contributed by atoms with Crippen molar-refractivity contribution in [2.24, 2.45) is 11.3 Å². The first-order chi connectivity index (χ1) is 20.5. The van der Waals surface area contributed by atoms with Gasteiger partial charge >= 0.3 is 0 Å². The van der Waals surface area contributed by atoms with E-state index in [9.17, 15) is 14.4 Å². The standard InChI is InChI=1S/C35H55N5O3/c1-26(2)21-32(41)39-19-10-18-38(20-13-30-27(3)11-8-14-35(30,4)5)17-7-6-16-37-34(43)31-23-29(39)25-40(31)33(42)22-28-12-9-15-36-24-28/h9,12,15,24,26,29,31H,6-8,10-11,13-14,16-23,25H2,1-5H3,(H,37,43)/t29-,31-/m0/s1. The minimum absolute atomic E-state index is 0.0855. The fourth-order valence-corrected chi connectivity index (χ4v) is 7.41. The first kappa shape index (κ1) is 33.2. The van der Waals surface area contributed by atoms with Gasteiger partial charge in [0.15, 0.2) is 0 Å². The van der Waals surface area contributed by atoms with Crippen LogP contribution in [0.15, 0.2) is 35.7 Å². The summed E-state index contributed by atoms with van der Waals surface area (Å²) in [5.41, 5.74) is 4.31. The lowest BCUT2D eigenvalue weighted by Crippen LogP contribution is -2.47. The van der Waals surface area contributed by atoms with E-state index in [1.807, 2.05) is 17.0 Å². The Labute approximate surface area is 259 Å². The molecule has 4 rings (SSSR count). The highest BCUT2D eigenvalue weighted by Gasteiger charge is 2.42. The lowest BCUT2D eigenvalue weighted by atomic mass is 9.71. The zero-order chi connectivity index (χ0) is 31.0. The van der Waals surface area contributed by atoms with Crippen molar-refractivity contribution in [3.63, 3.8) is 0 Å². The zero-order valence-electron chi connectivity index (χ0n) is 27.4. The van der Waals surface area contributed by atoms with Crippen LogP contribution < -0.4 is 5.32 Å². The van der Waals surface area contributed by atoms with E-state index < -0.39 is 6.04 Å². The van der Waals surface area contributed by atoms with Gasteiger partial charge in [-0.1, -0.05) is 44.9 Å². The summed E-state index contributed by atoms with van der Waals surface area (Å²) in [6, 6.07) is 3.00. The molecule has 0 radical (unpaired) electrons. The average Bonchev–Trinajstić information content (AvgIpc) is 3.39. The molecule has 1 aromatic heterocycles. The van der Waals surface area contributed by atoms with E-state index in [1.165, 1.54) is 19.3 Å². The molecule has 2 fully saturated rings. The topological polar surface area (TPSA) is 85.8 Å². The highest BCUT2D eigenvalue weighted by Crippen LogP contribution is 2.41. The van der Waals surface area contributed by atoms with Crippen LogP contribution in [0.25, 0.3) is 0 Å². The lowest BCUT2D eigenvalue weighted by Gasteiger charge is -2.36. The van der Waals surface area contributed by atoms with Gasteiger partial charge in [0, 0.05) is 45.0 Å². The summed E-state index contributed by atoms with van der Waals surface area (Å²) in [6.07, 6.45) is 12.2. The van der Waals surface area contributed by atoms with Crippen molar-refractivity contribution in [1.29, 1.82) is 0 Å². The van der Waals surface area contributed by atoms with Gasteiger partial charge < -0.3 is 20.0 Å². The second kappa shape index (κ2) is 15.3. The SMILES string of the molecule is CC1=C(CCN2CCCCNC(=O)[C@@H]3C[C@@H](CN3C(=O)Cc3cccnc3)N(C(=O)CC(C)C)CCC2)C(C)(C)CCC1. The number of carbonyl (C=O) groups excluding carboxylic acids is 3. The molecule has 0 aromatic carbocycles. The molecule has 2 bridgehead atoms. The van der Waals surface area contributed by atoms with E-state index in [4.69, 9.17) is 0 Å². The number of hydrogen-bond donors (Lipinski definition) is 1. The zero-order valence-corrected chi connectivity index (χ0v) is 27.4. The maximum Gasteiger partial charge on any atom is 0.242 e. The minimum Gasteiger partial charge on any atom is -0.354 e. The molecule has 1 aromatic rings. The molecule has 8 nitrogen and oxygen atoms in total. The molecule has 0 saturated carbocycles. The van der Waals surface area contributed by atoms with Crippen molar-refractivity contribution in [2.75, 3.05) is 39.3 Å². The highest BCUT2D eigenvalue weighted by atomic mass is 16.2. The summed E-state index contributed by atoms with van der Waals surface area (Å²) in [5.74, 6) is 0.187. The van der Waals surface area contributed by atoms with E-state index in [2.05, 4.69) is 49.8 Å². The maximum absolute atomic E-state index is 13.6. The molecule has 2 atom stereocenters. The molecule has 0 spiro atoms. The number of aromatic nitrogens is 1. The van der Waals surface area contributed by atoms with E-state index in [1.54, 1.807) is 28.4 Å². The van der Waals surface area contributed by atoms with E-state index >= 15 is 0 Å². The van der Waals surface area contributed by atoms with E-state index in [-0.39, 0.29) is 41.5 Å². The third-order valence-electron chi connectivity index (χ3n) is 9.76. The van der Waals surface area contributed by atoms with Crippen LogP contribution in [0, 0.1) is 11.3 Å². The molecule has 3 amide bonds. The van der Waals surface area contributed by atoms with Crippen molar-refractivity contribution in [2.45, 2.75) is 111 Å². The van der Waals surface area contributed by atoms with Gasteiger partial charge in [-0.2, -0.15) is 0 Å².